The number of aliphatic hydroxyl groups excluding tert-OH is 1. The molecule has 0 aliphatic heterocycles. The SMILES string of the molecule is OCC12CCC(OCc3c(-c4c(Cl)cncc4Cl)noc3C3CC3)(CC1)CC2. The van der Waals surface area contributed by atoms with E-state index in [4.69, 9.17) is 32.5 Å². The first-order chi connectivity index (χ1) is 13.5. The van der Waals surface area contributed by atoms with Gasteiger partial charge < -0.3 is 14.4 Å². The zero-order valence-corrected chi connectivity index (χ0v) is 17.2. The van der Waals surface area contributed by atoms with Gasteiger partial charge in [0.15, 0.2) is 0 Å². The van der Waals surface area contributed by atoms with Crippen molar-refractivity contribution in [1.82, 2.24) is 10.1 Å². The summed E-state index contributed by atoms with van der Waals surface area (Å²) < 4.78 is 12.3. The zero-order chi connectivity index (χ0) is 19.4. The molecule has 6 rings (SSSR count). The number of aromatic nitrogens is 2. The van der Waals surface area contributed by atoms with Crippen LogP contribution in [-0.2, 0) is 11.3 Å². The maximum atomic E-state index is 9.76. The van der Waals surface area contributed by atoms with Crippen molar-refractivity contribution < 1.29 is 14.4 Å². The van der Waals surface area contributed by atoms with Crippen molar-refractivity contribution >= 4 is 23.2 Å². The monoisotopic (exact) mass is 422 g/mol. The van der Waals surface area contributed by atoms with Crippen molar-refractivity contribution in [2.75, 3.05) is 6.61 Å². The van der Waals surface area contributed by atoms with Crippen LogP contribution in [0.4, 0.5) is 0 Å². The molecule has 7 heteroatoms. The van der Waals surface area contributed by atoms with Gasteiger partial charge in [0, 0.05) is 36.0 Å². The molecule has 0 radical (unpaired) electrons. The number of fused-ring (bicyclic) bond motifs is 3. The van der Waals surface area contributed by atoms with Gasteiger partial charge >= 0.3 is 0 Å². The van der Waals surface area contributed by atoms with E-state index in [1.165, 1.54) is 0 Å². The lowest BCUT2D eigenvalue weighted by molar-refractivity contribution is -0.152. The molecule has 5 nitrogen and oxygen atoms in total. The highest BCUT2D eigenvalue weighted by Gasteiger charge is 2.49. The first kappa shape index (κ1) is 18.9. The lowest BCUT2D eigenvalue weighted by Crippen LogP contribution is -2.49. The molecule has 0 saturated heterocycles. The second-order valence-corrected chi connectivity index (χ2v) is 9.57. The minimum absolute atomic E-state index is 0.0991. The normalized spacial score (nSPS) is 29.4. The third-order valence-electron chi connectivity index (χ3n) is 7.05. The number of pyridine rings is 1. The molecule has 4 saturated carbocycles. The molecule has 0 aromatic carbocycles. The van der Waals surface area contributed by atoms with Gasteiger partial charge in [0.2, 0.25) is 0 Å². The number of ether oxygens (including phenoxy) is 1. The maximum absolute atomic E-state index is 9.76. The van der Waals surface area contributed by atoms with Gasteiger partial charge in [-0.05, 0) is 56.8 Å². The summed E-state index contributed by atoms with van der Waals surface area (Å²) >= 11 is 12.8. The number of nitrogens with zero attached hydrogens (tertiary/aromatic N) is 2. The minimum Gasteiger partial charge on any atom is -0.396 e. The van der Waals surface area contributed by atoms with Crippen LogP contribution >= 0.6 is 23.2 Å². The molecule has 4 aliphatic carbocycles. The predicted octanol–water partition coefficient (Wildman–Crippen LogP) is 5.52. The Hall–Kier alpha value is -1.14. The molecular formula is C21H24Cl2N2O3. The van der Waals surface area contributed by atoms with Crippen LogP contribution in [0.3, 0.4) is 0 Å². The summed E-state index contributed by atoms with van der Waals surface area (Å²) in [6, 6.07) is 0. The van der Waals surface area contributed by atoms with Crippen molar-refractivity contribution in [2.45, 2.75) is 69.5 Å². The van der Waals surface area contributed by atoms with Crippen molar-refractivity contribution in [3.63, 3.8) is 0 Å². The van der Waals surface area contributed by atoms with Crippen molar-refractivity contribution in [3.8, 4) is 11.3 Å². The van der Waals surface area contributed by atoms with Crippen LogP contribution in [0.5, 0.6) is 0 Å². The Bertz CT molecular complexity index is 849. The van der Waals surface area contributed by atoms with Crippen LogP contribution in [0, 0.1) is 5.41 Å². The van der Waals surface area contributed by atoms with E-state index in [9.17, 15) is 5.11 Å². The molecule has 2 aromatic rings. The molecule has 0 unspecified atom stereocenters. The van der Waals surface area contributed by atoms with E-state index < -0.39 is 0 Å². The highest BCUT2D eigenvalue weighted by Crippen LogP contribution is 2.54. The van der Waals surface area contributed by atoms with Crippen LogP contribution in [-0.4, -0.2) is 27.5 Å². The van der Waals surface area contributed by atoms with E-state index in [0.717, 1.165) is 62.7 Å². The molecule has 2 heterocycles. The van der Waals surface area contributed by atoms with Crippen molar-refractivity contribution in [1.29, 1.82) is 0 Å². The summed E-state index contributed by atoms with van der Waals surface area (Å²) in [5, 5.41) is 15.0. The fraction of sp³-hybridized carbons (Fsp3) is 0.619. The Balaban J connectivity index is 1.43. The number of rotatable bonds is 6. The van der Waals surface area contributed by atoms with Crippen LogP contribution in [0.25, 0.3) is 11.3 Å². The second-order valence-electron chi connectivity index (χ2n) is 8.76. The molecule has 28 heavy (non-hydrogen) atoms. The third kappa shape index (κ3) is 3.17. The van der Waals surface area contributed by atoms with E-state index in [2.05, 4.69) is 10.1 Å². The topological polar surface area (TPSA) is 68.4 Å². The van der Waals surface area contributed by atoms with E-state index in [-0.39, 0.29) is 11.0 Å². The number of hydrogen-bond acceptors (Lipinski definition) is 5. The van der Waals surface area contributed by atoms with Crippen molar-refractivity contribution in [3.05, 3.63) is 33.8 Å². The van der Waals surface area contributed by atoms with E-state index >= 15 is 0 Å². The molecule has 0 atom stereocenters. The highest BCUT2D eigenvalue weighted by atomic mass is 35.5. The van der Waals surface area contributed by atoms with Crippen LogP contribution in [0.15, 0.2) is 16.9 Å². The molecule has 4 aliphatic rings. The summed E-state index contributed by atoms with van der Waals surface area (Å²) in [5.41, 5.74) is 2.34. The van der Waals surface area contributed by atoms with Crippen LogP contribution in [0.2, 0.25) is 10.0 Å². The average molecular weight is 423 g/mol. The molecular weight excluding hydrogens is 399 g/mol. The third-order valence-corrected chi connectivity index (χ3v) is 7.62. The summed E-state index contributed by atoms with van der Waals surface area (Å²) in [6.45, 7) is 0.746. The summed E-state index contributed by atoms with van der Waals surface area (Å²) in [7, 11) is 0. The Labute approximate surface area is 174 Å². The van der Waals surface area contributed by atoms with Gasteiger partial charge in [0.05, 0.1) is 22.3 Å². The maximum Gasteiger partial charge on any atom is 0.145 e. The Morgan fingerprint density at radius 3 is 2.29 bits per heavy atom. The van der Waals surface area contributed by atoms with Gasteiger partial charge in [0.1, 0.15) is 11.5 Å². The highest BCUT2D eigenvalue weighted by molar-refractivity contribution is 6.38. The lowest BCUT2D eigenvalue weighted by Gasteiger charge is -2.52. The number of halogens is 2. The molecule has 4 fully saturated rings. The molecule has 150 valence electrons. The molecule has 2 bridgehead atoms. The van der Waals surface area contributed by atoms with E-state index in [1.807, 2.05) is 0 Å². The fourth-order valence-electron chi connectivity index (χ4n) is 4.87. The number of hydrogen-bond donors (Lipinski definition) is 1. The Kier molecular flexibility index (Phi) is 4.70. The van der Waals surface area contributed by atoms with Gasteiger partial charge in [-0.1, -0.05) is 28.4 Å². The first-order valence-corrected chi connectivity index (χ1v) is 10.8. The van der Waals surface area contributed by atoms with Crippen LogP contribution in [0.1, 0.15) is 68.6 Å². The van der Waals surface area contributed by atoms with Crippen molar-refractivity contribution in [2.24, 2.45) is 5.41 Å². The Morgan fingerprint density at radius 1 is 1.07 bits per heavy atom. The molecule has 0 amide bonds. The summed E-state index contributed by atoms with van der Waals surface area (Å²) in [4.78, 5) is 4.04. The fourth-order valence-corrected chi connectivity index (χ4v) is 5.41. The van der Waals surface area contributed by atoms with E-state index in [0.29, 0.717) is 40.4 Å². The quantitative estimate of drug-likeness (QED) is 0.662. The largest absolute Gasteiger partial charge is 0.396 e. The first-order valence-electron chi connectivity index (χ1n) is 10.1. The van der Waals surface area contributed by atoms with Gasteiger partial charge in [-0.15, -0.1) is 0 Å². The molecule has 0 spiro atoms. The summed E-state index contributed by atoms with van der Waals surface area (Å²) in [5.74, 6) is 1.32. The lowest BCUT2D eigenvalue weighted by atomic mass is 9.59. The van der Waals surface area contributed by atoms with Gasteiger partial charge in [-0.25, -0.2) is 0 Å². The van der Waals surface area contributed by atoms with Gasteiger partial charge in [-0.3, -0.25) is 4.98 Å². The van der Waals surface area contributed by atoms with Gasteiger partial charge in [0.25, 0.3) is 0 Å². The van der Waals surface area contributed by atoms with Gasteiger partial charge in [-0.2, -0.15) is 0 Å². The predicted molar refractivity (Wildman–Crippen MR) is 106 cm³/mol. The molecule has 1 N–H and O–H groups in total. The standard InChI is InChI=1S/C21H24Cl2N2O3/c22-15-9-24-10-16(23)17(15)18-14(19(28-25-18)13-1-2-13)11-27-21-6-3-20(12-26,4-7-21)5-8-21/h9-10,13,26H,1-8,11-12H2. The summed E-state index contributed by atoms with van der Waals surface area (Å²) in [6.07, 6.45) is 11.5. The van der Waals surface area contributed by atoms with Crippen LogP contribution < -0.4 is 0 Å². The van der Waals surface area contributed by atoms with E-state index in [1.54, 1.807) is 12.4 Å². The smallest absolute Gasteiger partial charge is 0.145 e. The minimum atomic E-state index is -0.0991. The second kappa shape index (κ2) is 6.98. The molecule has 2 aromatic heterocycles. The zero-order valence-electron chi connectivity index (χ0n) is 15.7. The average Bonchev–Trinajstić information content (AvgIpc) is 3.48. The Morgan fingerprint density at radius 2 is 1.71 bits per heavy atom. The number of aliphatic hydroxyl groups is 1.